The van der Waals surface area contributed by atoms with Crippen molar-refractivity contribution in [2.24, 2.45) is 0 Å². The van der Waals surface area contributed by atoms with Gasteiger partial charge in [-0.1, -0.05) is 0 Å². The summed E-state index contributed by atoms with van der Waals surface area (Å²) >= 11 is 0. The van der Waals surface area contributed by atoms with Crippen molar-refractivity contribution in [1.82, 2.24) is 9.88 Å². The van der Waals surface area contributed by atoms with Crippen molar-refractivity contribution in [3.8, 4) is 0 Å². The van der Waals surface area contributed by atoms with E-state index in [-0.39, 0.29) is 17.6 Å². The predicted octanol–water partition coefficient (Wildman–Crippen LogP) is 2.88. The van der Waals surface area contributed by atoms with Crippen molar-refractivity contribution in [1.29, 1.82) is 0 Å². The minimum absolute atomic E-state index is 0.0682. The third-order valence-corrected chi connectivity index (χ3v) is 5.27. The van der Waals surface area contributed by atoms with Gasteiger partial charge in [0.2, 0.25) is 0 Å². The monoisotopic (exact) mass is 356 g/mol. The van der Waals surface area contributed by atoms with Crippen LogP contribution in [0.1, 0.15) is 40.3 Å². The summed E-state index contributed by atoms with van der Waals surface area (Å²) in [6.07, 6.45) is 5.49. The first kappa shape index (κ1) is 17.2. The summed E-state index contributed by atoms with van der Waals surface area (Å²) in [5, 5.41) is 0. The Morgan fingerprint density at radius 2 is 2.19 bits per heavy atom. The van der Waals surface area contributed by atoms with Crippen LogP contribution in [0.4, 0.5) is 0 Å². The minimum Gasteiger partial charge on any atom is -0.456 e. The van der Waals surface area contributed by atoms with E-state index in [2.05, 4.69) is 11.9 Å². The number of carbonyl (C=O) groups is 1. The fourth-order valence-corrected chi connectivity index (χ4v) is 3.70. The topological polar surface area (TPSA) is 64.8 Å². The van der Waals surface area contributed by atoms with Gasteiger partial charge in [0.1, 0.15) is 11.4 Å². The van der Waals surface area contributed by atoms with Crippen LogP contribution in [0.2, 0.25) is 0 Å². The van der Waals surface area contributed by atoms with Gasteiger partial charge >= 0.3 is 0 Å². The first-order valence-electron chi connectivity index (χ1n) is 9.05. The molecule has 2 aromatic heterocycles. The molecule has 138 valence electrons. The smallest absolute Gasteiger partial charge is 0.289 e. The molecular formula is C20H24N2O4. The molecule has 0 radical (unpaired) electrons. The SMILES string of the molecule is Cc1ccc(C(=O)N2CC3(CC(OCc4cnccc4C)CCO3)C2)o1. The molecular weight excluding hydrogens is 332 g/mol. The minimum atomic E-state index is -0.274. The van der Waals surface area contributed by atoms with E-state index in [9.17, 15) is 4.79 Å². The molecule has 1 amide bonds. The highest BCUT2D eigenvalue weighted by atomic mass is 16.5. The molecule has 2 aliphatic heterocycles. The summed E-state index contributed by atoms with van der Waals surface area (Å²) in [4.78, 5) is 18.4. The fraction of sp³-hybridized carbons (Fsp3) is 0.500. The molecule has 1 unspecified atom stereocenters. The normalized spacial score (nSPS) is 21.6. The highest BCUT2D eigenvalue weighted by molar-refractivity contribution is 5.92. The number of rotatable bonds is 4. The average molecular weight is 356 g/mol. The molecule has 0 bridgehead atoms. The maximum absolute atomic E-state index is 12.4. The van der Waals surface area contributed by atoms with Gasteiger partial charge < -0.3 is 18.8 Å². The predicted molar refractivity (Wildman–Crippen MR) is 94.8 cm³/mol. The van der Waals surface area contributed by atoms with Crippen LogP contribution in [0, 0.1) is 13.8 Å². The second-order valence-electron chi connectivity index (χ2n) is 7.33. The molecule has 0 saturated carbocycles. The van der Waals surface area contributed by atoms with Gasteiger partial charge in [0, 0.05) is 25.4 Å². The van der Waals surface area contributed by atoms with Crippen LogP contribution < -0.4 is 0 Å². The molecule has 0 aliphatic carbocycles. The molecule has 1 spiro atoms. The van der Waals surface area contributed by atoms with Gasteiger partial charge in [0.15, 0.2) is 5.76 Å². The van der Waals surface area contributed by atoms with Crippen molar-refractivity contribution in [3.63, 3.8) is 0 Å². The number of hydrogen-bond acceptors (Lipinski definition) is 5. The van der Waals surface area contributed by atoms with Crippen molar-refractivity contribution in [3.05, 3.63) is 53.2 Å². The number of amides is 1. The van der Waals surface area contributed by atoms with Crippen molar-refractivity contribution < 1.29 is 18.7 Å². The van der Waals surface area contributed by atoms with Crippen molar-refractivity contribution in [2.75, 3.05) is 19.7 Å². The van der Waals surface area contributed by atoms with Crippen LogP contribution in [0.3, 0.4) is 0 Å². The number of aromatic nitrogens is 1. The van der Waals surface area contributed by atoms with Gasteiger partial charge in [-0.15, -0.1) is 0 Å². The number of carbonyl (C=O) groups excluding carboxylic acids is 1. The second kappa shape index (κ2) is 6.85. The first-order valence-corrected chi connectivity index (χ1v) is 9.05. The Bertz CT molecular complexity index is 795. The zero-order valence-corrected chi connectivity index (χ0v) is 15.2. The fourth-order valence-electron chi connectivity index (χ4n) is 3.70. The maximum atomic E-state index is 12.4. The van der Waals surface area contributed by atoms with Crippen LogP contribution in [-0.4, -0.2) is 47.2 Å². The molecule has 26 heavy (non-hydrogen) atoms. The Morgan fingerprint density at radius 1 is 1.35 bits per heavy atom. The summed E-state index contributed by atoms with van der Waals surface area (Å²) in [5.41, 5.74) is 2.03. The lowest BCUT2D eigenvalue weighted by atomic mass is 9.84. The maximum Gasteiger partial charge on any atom is 0.289 e. The average Bonchev–Trinajstić information content (AvgIpc) is 3.05. The van der Waals surface area contributed by atoms with Gasteiger partial charge in [-0.25, -0.2) is 0 Å². The Labute approximate surface area is 153 Å². The van der Waals surface area contributed by atoms with Gasteiger partial charge in [0.05, 0.1) is 25.8 Å². The van der Waals surface area contributed by atoms with Crippen molar-refractivity contribution in [2.45, 2.75) is 45.0 Å². The van der Waals surface area contributed by atoms with Crippen LogP contribution in [0.25, 0.3) is 0 Å². The van der Waals surface area contributed by atoms with Crippen LogP contribution in [0.15, 0.2) is 35.0 Å². The second-order valence-corrected chi connectivity index (χ2v) is 7.33. The van der Waals surface area contributed by atoms with Gasteiger partial charge in [-0.2, -0.15) is 0 Å². The molecule has 4 heterocycles. The standard InChI is InChI=1S/C20H24N2O4/c1-14-5-7-21-10-16(14)11-24-17-6-8-25-20(9-17)12-22(13-20)19(23)18-4-3-15(2)26-18/h3-5,7,10,17H,6,8-9,11-13H2,1-2H3. The number of likely N-dealkylation sites (tertiary alicyclic amines) is 1. The lowest BCUT2D eigenvalue weighted by Gasteiger charge is -2.52. The molecule has 2 fully saturated rings. The van der Waals surface area contributed by atoms with Gasteiger partial charge in [0.25, 0.3) is 5.91 Å². The summed E-state index contributed by atoms with van der Waals surface area (Å²) in [5.74, 6) is 1.08. The summed E-state index contributed by atoms with van der Waals surface area (Å²) in [6.45, 7) is 6.32. The van der Waals surface area contributed by atoms with E-state index < -0.39 is 0 Å². The Kier molecular flexibility index (Phi) is 4.54. The van der Waals surface area contributed by atoms with E-state index in [1.54, 1.807) is 17.2 Å². The molecule has 0 aromatic carbocycles. The molecule has 0 N–H and O–H groups in total. The summed E-state index contributed by atoms with van der Waals surface area (Å²) < 4.78 is 17.6. The highest BCUT2D eigenvalue weighted by Crippen LogP contribution is 2.36. The first-order chi connectivity index (χ1) is 12.5. The molecule has 2 aromatic rings. The van der Waals surface area contributed by atoms with E-state index in [4.69, 9.17) is 13.9 Å². The third kappa shape index (κ3) is 3.39. The quantitative estimate of drug-likeness (QED) is 0.843. The van der Waals surface area contributed by atoms with Gasteiger partial charge in [-0.05, 0) is 49.6 Å². The molecule has 6 nitrogen and oxygen atoms in total. The van der Waals surface area contributed by atoms with Crippen molar-refractivity contribution >= 4 is 5.91 Å². The number of furan rings is 1. The molecule has 4 rings (SSSR count). The Hall–Kier alpha value is -2.18. The van der Waals surface area contributed by atoms with Crippen LogP contribution in [-0.2, 0) is 16.1 Å². The molecule has 6 heteroatoms. The number of hydrogen-bond donors (Lipinski definition) is 0. The Balaban J connectivity index is 1.32. The highest BCUT2D eigenvalue weighted by Gasteiger charge is 2.50. The molecule has 1 atom stereocenters. The molecule has 2 aliphatic rings. The number of pyridine rings is 1. The lowest BCUT2D eigenvalue weighted by molar-refractivity contribution is -0.188. The van der Waals surface area contributed by atoms with E-state index in [1.807, 2.05) is 25.3 Å². The molecule has 2 saturated heterocycles. The zero-order chi connectivity index (χ0) is 18.1. The summed E-state index contributed by atoms with van der Waals surface area (Å²) in [6, 6.07) is 5.53. The van der Waals surface area contributed by atoms with Crippen LogP contribution in [0.5, 0.6) is 0 Å². The van der Waals surface area contributed by atoms with E-state index in [1.165, 1.54) is 5.56 Å². The zero-order valence-electron chi connectivity index (χ0n) is 15.2. The largest absolute Gasteiger partial charge is 0.456 e. The van der Waals surface area contributed by atoms with E-state index in [0.29, 0.717) is 32.1 Å². The van der Waals surface area contributed by atoms with E-state index >= 15 is 0 Å². The number of ether oxygens (including phenoxy) is 2. The van der Waals surface area contributed by atoms with E-state index in [0.717, 1.165) is 24.2 Å². The van der Waals surface area contributed by atoms with Crippen LogP contribution >= 0.6 is 0 Å². The lowest BCUT2D eigenvalue weighted by Crippen LogP contribution is -2.67. The summed E-state index contributed by atoms with van der Waals surface area (Å²) in [7, 11) is 0. The van der Waals surface area contributed by atoms with Gasteiger partial charge in [-0.3, -0.25) is 9.78 Å². The Morgan fingerprint density at radius 3 is 2.92 bits per heavy atom. The third-order valence-electron chi connectivity index (χ3n) is 5.27. The number of aryl methyl sites for hydroxylation is 2. The number of nitrogens with zero attached hydrogens (tertiary/aromatic N) is 2.